The van der Waals surface area contributed by atoms with Gasteiger partial charge in [-0.2, -0.15) is 0 Å². The van der Waals surface area contributed by atoms with Gasteiger partial charge in [0.2, 0.25) is 0 Å². The molecule has 2 rings (SSSR count). The molecule has 5 nitrogen and oxygen atoms in total. The molecule has 98 valence electrons. The molecule has 0 atom stereocenters. The smallest absolute Gasteiger partial charge is 0.252 e. The third kappa shape index (κ3) is 3.45. The van der Waals surface area contributed by atoms with Crippen LogP contribution in [0.5, 0.6) is 5.75 Å². The van der Waals surface area contributed by atoms with Crippen LogP contribution in [0.25, 0.3) is 0 Å². The molecular weight excluding hydrogens is 242 g/mol. The van der Waals surface area contributed by atoms with Gasteiger partial charge in [-0.1, -0.05) is 6.07 Å². The predicted molar refractivity (Wildman–Crippen MR) is 72.8 cm³/mol. The quantitative estimate of drug-likeness (QED) is 0.792. The van der Waals surface area contributed by atoms with Gasteiger partial charge in [-0.15, -0.1) is 0 Å². The zero-order chi connectivity index (χ0) is 13.7. The van der Waals surface area contributed by atoms with E-state index < -0.39 is 5.91 Å². The van der Waals surface area contributed by atoms with Crippen LogP contribution in [0.15, 0.2) is 42.7 Å². The number of carbonyl (C=O) groups is 1. The molecule has 0 spiro atoms. The molecule has 1 heterocycles. The molecule has 0 saturated heterocycles. The summed E-state index contributed by atoms with van der Waals surface area (Å²) in [6, 6.07) is 8.67. The van der Waals surface area contributed by atoms with Crippen molar-refractivity contribution in [3.05, 3.63) is 53.9 Å². The Morgan fingerprint density at radius 1 is 1.32 bits per heavy atom. The molecule has 2 aromatic rings. The Balaban J connectivity index is 2.02. The first-order valence-corrected chi connectivity index (χ1v) is 5.88. The van der Waals surface area contributed by atoms with Gasteiger partial charge in [0.05, 0.1) is 12.2 Å². The van der Waals surface area contributed by atoms with Gasteiger partial charge >= 0.3 is 0 Å². The maximum absolute atomic E-state index is 11.3. The molecule has 0 aliphatic carbocycles. The molecule has 4 N–H and O–H groups in total. The fourth-order valence-corrected chi connectivity index (χ4v) is 1.69. The summed E-state index contributed by atoms with van der Waals surface area (Å²) in [5.74, 6) is -0.103. The van der Waals surface area contributed by atoms with Crippen molar-refractivity contribution in [2.45, 2.75) is 6.42 Å². The Morgan fingerprint density at radius 3 is 2.84 bits per heavy atom. The lowest BCUT2D eigenvalue weighted by Crippen LogP contribution is -2.14. The second-order valence-electron chi connectivity index (χ2n) is 4.08. The number of benzene rings is 1. The summed E-state index contributed by atoms with van der Waals surface area (Å²) in [5.41, 5.74) is 12.7. The number of ether oxygens (including phenoxy) is 1. The molecule has 0 saturated carbocycles. The van der Waals surface area contributed by atoms with Crippen LogP contribution < -0.4 is 16.2 Å². The summed E-state index contributed by atoms with van der Waals surface area (Å²) in [4.78, 5) is 15.3. The number of hydrogen-bond acceptors (Lipinski definition) is 4. The van der Waals surface area contributed by atoms with Crippen molar-refractivity contribution in [2.75, 3.05) is 12.3 Å². The SMILES string of the molecule is NC(=O)c1cc(N)ccc1OCCc1cccnc1. The van der Waals surface area contributed by atoms with E-state index in [1.165, 1.54) is 6.07 Å². The standard InChI is InChI=1S/C14H15N3O2/c15-11-3-4-13(12(8-11)14(16)18)19-7-5-10-2-1-6-17-9-10/h1-4,6,8-9H,5,7,15H2,(H2,16,18). The van der Waals surface area contributed by atoms with Gasteiger partial charge in [-0.25, -0.2) is 0 Å². The van der Waals surface area contributed by atoms with Crippen molar-refractivity contribution < 1.29 is 9.53 Å². The summed E-state index contributed by atoms with van der Waals surface area (Å²) in [7, 11) is 0. The summed E-state index contributed by atoms with van der Waals surface area (Å²) in [6.45, 7) is 0.440. The molecule has 19 heavy (non-hydrogen) atoms. The molecular formula is C14H15N3O2. The second kappa shape index (κ2) is 5.86. The first kappa shape index (κ1) is 12.9. The molecule has 1 amide bonds. The third-order valence-electron chi connectivity index (χ3n) is 2.64. The van der Waals surface area contributed by atoms with Crippen molar-refractivity contribution in [2.24, 2.45) is 5.73 Å². The van der Waals surface area contributed by atoms with Crippen LogP contribution in [0, 0.1) is 0 Å². The third-order valence-corrected chi connectivity index (χ3v) is 2.64. The lowest BCUT2D eigenvalue weighted by atomic mass is 10.1. The van der Waals surface area contributed by atoms with E-state index in [1.54, 1.807) is 24.5 Å². The maximum atomic E-state index is 11.3. The van der Waals surface area contributed by atoms with Crippen LogP contribution in [0.2, 0.25) is 0 Å². The van der Waals surface area contributed by atoms with Gasteiger partial charge in [0.1, 0.15) is 5.75 Å². The average Bonchev–Trinajstić information content (AvgIpc) is 2.41. The predicted octanol–water partition coefficient (Wildman–Crippen LogP) is 1.38. The molecule has 0 aliphatic rings. The molecule has 5 heteroatoms. The molecule has 0 unspecified atom stereocenters. The Labute approximate surface area is 111 Å². The number of rotatable bonds is 5. The number of hydrogen-bond donors (Lipinski definition) is 2. The van der Waals surface area contributed by atoms with Crippen LogP contribution in [-0.2, 0) is 6.42 Å². The van der Waals surface area contributed by atoms with Gasteiger partial charge in [-0.05, 0) is 29.8 Å². The Bertz CT molecular complexity index is 570. The molecule has 0 bridgehead atoms. The normalized spacial score (nSPS) is 10.1. The lowest BCUT2D eigenvalue weighted by Gasteiger charge is -2.10. The largest absolute Gasteiger partial charge is 0.492 e. The van der Waals surface area contributed by atoms with Crippen molar-refractivity contribution >= 4 is 11.6 Å². The summed E-state index contributed by atoms with van der Waals surface area (Å²) < 4.78 is 5.57. The van der Waals surface area contributed by atoms with E-state index in [1.807, 2.05) is 12.1 Å². The van der Waals surface area contributed by atoms with E-state index in [9.17, 15) is 4.79 Å². The molecule has 1 aromatic heterocycles. The second-order valence-corrected chi connectivity index (χ2v) is 4.08. The summed E-state index contributed by atoms with van der Waals surface area (Å²) in [5, 5.41) is 0. The number of primary amides is 1. The van der Waals surface area contributed by atoms with E-state index in [-0.39, 0.29) is 0 Å². The highest BCUT2D eigenvalue weighted by Crippen LogP contribution is 2.21. The fraction of sp³-hybridized carbons (Fsp3) is 0.143. The van der Waals surface area contributed by atoms with Gasteiger partial charge < -0.3 is 16.2 Å². The van der Waals surface area contributed by atoms with Crippen molar-refractivity contribution in [3.8, 4) is 5.75 Å². The minimum atomic E-state index is -0.552. The number of amides is 1. The number of aromatic nitrogens is 1. The highest BCUT2D eigenvalue weighted by atomic mass is 16.5. The number of anilines is 1. The summed E-state index contributed by atoms with van der Waals surface area (Å²) >= 11 is 0. The van der Waals surface area contributed by atoms with Crippen molar-refractivity contribution in [1.29, 1.82) is 0 Å². The van der Waals surface area contributed by atoms with Gasteiger partial charge in [0, 0.05) is 24.5 Å². The highest BCUT2D eigenvalue weighted by molar-refractivity contribution is 5.96. The highest BCUT2D eigenvalue weighted by Gasteiger charge is 2.09. The van der Waals surface area contributed by atoms with Crippen LogP contribution >= 0.6 is 0 Å². The van der Waals surface area contributed by atoms with E-state index >= 15 is 0 Å². The number of pyridine rings is 1. The van der Waals surface area contributed by atoms with Crippen molar-refractivity contribution in [3.63, 3.8) is 0 Å². The first-order valence-electron chi connectivity index (χ1n) is 5.88. The Kier molecular flexibility index (Phi) is 3.97. The zero-order valence-corrected chi connectivity index (χ0v) is 10.4. The first-order chi connectivity index (χ1) is 9.16. The van der Waals surface area contributed by atoms with Gasteiger partial charge in [-0.3, -0.25) is 9.78 Å². The fourth-order valence-electron chi connectivity index (χ4n) is 1.69. The molecule has 0 fully saturated rings. The van der Waals surface area contributed by atoms with E-state index in [0.717, 1.165) is 5.56 Å². The van der Waals surface area contributed by atoms with Gasteiger partial charge in [0.25, 0.3) is 5.91 Å². The molecule has 0 radical (unpaired) electrons. The Hall–Kier alpha value is -2.56. The molecule has 1 aromatic carbocycles. The van der Waals surface area contributed by atoms with E-state index in [4.69, 9.17) is 16.2 Å². The van der Waals surface area contributed by atoms with Crippen LogP contribution in [0.1, 0.15) is 15.9 Å². The number of nitrogen functional groups attached to an aromatic ring is 1. The van der Waals surface area contributed by atoms with Crippen LogP contribution in [0.4, 0.5) is 5.69 Å². The number of nitrogens with zero attached hydrogens (tertiary/aromatic N) is 1. The van der Waals surface area contributed by atoms with Crippen LogP contribution in [-0.4, -0.2) is 17.5 Å². The average molecular weight is 257 g/mol. The topological polar surface area (TPSA) is 91.2 Å². The lowest BCUT2D eigenvalue weighted by molar-refractivity contribution is 0.0996. The van der Waals surface area contributed by atoms with E-state index in [0.29, 0.717) is 30.0 Å². The van der Waals surface area contributed by atoms with Crippen LogP contribution in [0.3, 0.4) is 0 Å². The minimum Gasteiger partial charge on any atom is -0.492 e. The number of carbonyl (C=O) groups excluding carboxylic acids is 1. The molecule has 0 aliphatic heterocycles. The maximum Gasteiger partial charge on any atom is 0.252 e. The van der Waals surface area contributed by atoms with E-state index in [2.05, 4.69) is 4.98 Å². The van der Waals surface area contributed by atoms with Crippen molar-refractivity contribution in [1.82, 2.24) is 4.98 Å². The Morgan fingerprint density at radius 2 is 2.16 bits per heavy atom. The summed E-state index contributed by atoms with van der Waals surface area (Å²) in [6.07, 6.45) is 4.20. The van der Waals surface area contributed by atoms with Gasteiger partial charge in [0.15, 0.2) is 0 Å². The zero-order valence-electron chi connectivity index (χ0n) is 10.4. The minimum absolute atomic E-state index is 0.297. The monoisotopic (exact) mass is 257 g/mol. The number of nitrogens with two attached hydrogens (primary N) is 2.